The molecule has 0 N–H and O–H groups in total. The number of hydrogen-bond acceptors (Lipinski definition) is 1. The maximum absolute atomic E-state index is 14.9. The Morgan fingerprint density at radius 1 is 0.778 bits per heavy atom. The molecule has 0 aromatic heterocycles. The predicted octanol–water partition coefficient (Wildman–Crippen LogP) is 8.82. The fraction of sp³-hybridized carbons (Fsp3) is 0.484. The SMILES string of the molecule is C/C=C/C1CCC(c2ccc(C#CC3CCC(c4ccc(OCC)c(F)c4F)CC3)c(F)c2F)CC1. The molecule has 0 aliphatic heterocycles. The first-order valence-electron chi connectivity index (χ1n) is 13.2. The molecule has 192 valence electrons. The van der Waals surface area contributed by atoms with Crippen LogP contribution in [0.2, 0.25) is 0 Å². The first-order chi connectivity index (χ1) is 17.4. The Morgan fingerprint density at radius 3 is 1.97 bits per heavy atom. The van der Waals surface area contributed by atoms with E-state index in [9.17, 15) is 17.6 Å². The zero-order valence-electron chi connectivity index (χ0n) is 21.1. The Kier molecular flexibility index (Phi) is 8.77. The molecule has 2 aromatic rings. The number of rotatable bonds is 5. The lowest BCUT2D eigenvalue weighted by Gasteiger charge is -2.27. The van der Waals surface area contributed by atoms with E-state index in [-0.39, 0.29) is 35.7 Å². The Labute approximate surface area is 211 Å². The summed E-state index contributed by atoms with van der Waals surface area (Å²) in [5.41, 5.74) is 0.911. The zero-order chi connectivity index (χ0) is 25.7. The molecule has 0 heterocycles. The van der Waals surface area contributed by atoms with E-state index in [0.717, 1.165) is 25.7 Å². The summed E-state index contributed by atoms with van der Waals surface area (Å²) in [4.78, 5) is 0. The molecule has 0 bridgehead atoms. The van der Waals surface area contributed by atoms with Crippen LogP contribution in [-0.2, 0) is 0 Å². The zero-order valence-corrected chi connectivity index (χ0v) is 21.1. The summed E-state index contributed by atoms with van der Waals surface area (Å²) in [5, 5.41) is 0. The lowest BCUT2D eigenvalue weighted by molar-refractivity contribution is 0.310. The van der Waals surface area contributed by atoms with Gasteiger partial charge in [0.1, 0.15) is 0 Å². The first-order valence-corrected chi connectivity index (χ1v) is 13.2. The maximum atomic E-state index is 14.9. The predicted molar refractivity (Wildman–Crippen MR) is 135 cm³/mol. The van der Waals surface area contributed by atoms with Crippen LogP contribution < -0.4 is 4.74 Å². The normalized spacial score (nSPS) is 24.4. The van der Waals surface area contributed by atoms with Crippen molar-refractivity contribution in [2.45, 2.75) is 77.0 Å². The molecule has 2 saturated carbocycles. The Morgan fingerprint density at radius 2 is 1.36 bits per heavy atom. The van der Waals surface area contributed by atoms with E-state index in [0.29, 0.717) is 42.7 Å². The van der Waals surface area contributed by atoms with Crippen molar-refractivity contribution >= 4 is 0 Å². The maximum Gasteiger partial charge on any atom is 0.200 e. The van der Waals surface area contributed by atoms with Gasteiger partial charge in [0.15, 0.2) is 23.2 Å². The van der Waals surface area contributed by atoms with Crippen molar-refractivity contribution in [3.63, 3.8) is 0 Å². The van der Waals surface area contributed by atoms with Crippen LogP contribution >= 0.6 is 0 Å². The molecule has 2 aliphatic carbocycles. The average Bonchev–Trinajstić information content (AvgIpc) is 2.89. The van der Waals surface area contributed by atoms with Crippen molar-refractivity contribution < 1.29 is 22.3 Å². The van der Waals surface area contributed by atoms with Gasteiger partial charge in [0.25, 0.3) is 0 Å². The fourth-order valence-corrected chi connectivity index (χ4v) is 5.73. The van der Waals surface area contributed by atoms with Gasteiger partial charge in [-0.2, -0.15) is 4.39 Å². The van der Waals surface area contributed by atoms with Crippen molar-refractivity contribution in [2.24, 2.45) is 11.8 Å². The minimum atomic E-state index is -0.942. The third kappa shape index (κ3) is 5.80. The molecule has 0 saturated heterocycles. The number of allylic oxidation sites excluding steroid dienone is 2. The second-order valence-electron chi connectivity index (χ2n) is 10.00. The lowest BCUT2D eigenvalue weighted by Crippen LogP contribution is -2.14. The molecular formula is C31H34F4O. The van der Waals surface area contributed by atoms with E-state index >= 15 is 0 Å². The molecule has 2 fully saturated rings. The Balaban J connectivity index is 1.38. The van der Waals surface area contributed by atoms with Crippen molar-refractivity contribution in [1.29, 1.82) is 0 Å². The first kappa shape index (κ1) is 26.3. The largest absolute Gasteiger partial charge is 0.491 e. The Bertz CT molecular complexity index is 1140. The van der Waals surface area contributed by atoms with Gasteiger partial charge in [-0.1, -0.05) is 36.1 Å². The molecule has 0 spiro atoms. The molecule has 4 rings (SSSR count). The van der Waals surface area contributed by atoms with Crippen LogP contribution in [0.15, 0.2) is 36.4 Å². The summed E-state index contributed by atoms with van der Waals surface area (Å²) in [6, 6.07) is 6.39. The number of ether oxygens (including phenoxy) is 1. The monoisotopic (exact) mass is 498 g/mol. The minimum absolute atomic E-state index is 0.0147. The minimum Gasteiger partial charge on any atom is -0.491 e. The lowest BCUT2D eigenvalue weighted by atomic mass is 9.78. The summed E-state index contributed by atoms with van der Waals surface area (Å²) in [6.07, 6.45) is 10.7. The number of hydrogen-bond donors (Lipinski definition) is 0. The van der Waals surface area contributed by atoms with Gasteiger partial charge in [0.05, 0.1) is 12.2 Å². The molecule has 36 heavy (non-hydrogen) atoms. The van der Waals surface area contributed by atoms with Crippen LogP contribution in [0, 0.1) is 46.9 Å². The quantitative estimate of drug-likeness (QED) is 0.227. The van der Waals surface area contributed by atoms with Gasteiger partial charge in [-0.15, -0.1) is 0 Å². The average molecular weight is 499 g/mol. The smallest absolute Gasteiger partial charge is 0.200 e. The highest BCUT2D eigenvalue weighted by atomic mass is 19.2. The van der Waals surface area contributed by atoms with Crippen LogP contribution in [0.3, 0.4) is 0 Å². The van der Waals surface area contributed by atoms with Crippen LogP contribution in [0.25, 0.3) is 0 Å². The second kappa shape index (κ2) is 12.0. The van der Waals surface area contributed by atoms with E-state index in [1.165, 1.54) is 6.07 Å². The van der Waals surface area contributed by atoms with Gasteiger partial charge in [0.2, 0.25) is 5.82 Å². The summed E-state index contributed by atoms with van der Waals surface area (Å²) < 4.78 is 63.7. The van der Waals surface area contributed by atoms with Crippen LogP contribution in [0.5, 0.6) is 5.75 Å². The molecule has 1 nitrogen and oxygen atoms in total. The van der Waals surface area contributed by atoms with E-state index in [4.69, 9.17) is 4.74 Å². The van der Waals surface area contributed by atoms with E-state index < -0.39 is 23.3 Å². The molecule has 0 amide bonds. The van der Waals surface area contributed by atoms with Crippen LogP contribution in [0.1, 0.15) is 93.7 Å². The van der Waals surface area contributed by atoms with Crippen molar-refractivity contribution in [3.05, 3.63) is 76.4 Å². The molecule has 2 aliphatic rings. The number of halogens is 4. The molecular weight excluding hydrogens is 464 g/mol. The highest BCUT2D eigenvalue weighted by molar-refractivity contribution is 5.40. The van der Waals surface area contributed by atoms with E-state index in [1.54, 1.807) is 25.1 Å². The molecule has 5 heteroatoms. The van der Waals surface area contributed by atoms with Gasteiger partial charge in [-0.05, 0) is 106 Å². The third-order valence-corrected chi connectivity index (χ3v) is 7.74. The van der Waals surface area contributed by atoms with E-state index in [1.807, 2.05) is 6.92 Å². The Hall–Kier alpha value is -2.74. The highest BCUT2D eigenvalue weighted by Gasteiger charge is 2.27. The molecule has 0 radical (unpaired) electrons. The van der Waals surface area contributed by atoms with Crippen molar-refractivity contribution in [3.8, 4) is 17.6 Å². The van der Waals surface area contributed by atoms with Gasteiger partial charge in [-0.25, -0.2) is 13.2 Å². The van der Waals surface area contributed by atoms with Crippen LogP contribution in [0.4, 0.5) is 17.6 Å². The summed E-state index contributed by atoms with van der Waals surface area (Å²) >= 11 is 0. The molecule has 0 atom stereocenters. The highest BCUT2D eigenvalue weighted by Crippen LogP contribution is 2.40. The van der Waals surface area contributed by atoms with Gasteiger partial charge < -0.3 is 4.74 Å². The van der Waals surface area contributed by atoms with Crippen molar-refractivity contribution in [2.75, 3.05) is 6.61 Å². The van der Waals surface area contributed by atoms with Gasteiger partial charge in [-0.3, -0.25) is 0 Å². The van der Waals surface area contributed by atoms with E-state index in [2.05, 4.69) is 24.0 Å². The molecule has 0 unspecified atom stereocenters. The summed E-state index contributed by atoms with van der Waals surface area (Å²) in [7, 11) is 0. The standard InChI is InChI=1S/C31H34F4O/c1-3-5-20-6-11-22(12-7-20)25-17-16-24(28(32)29(25)33)15-10-21-8-13-23(14-9-21)26-18-19-27(36-4-2)31(35)30(26)34/h3,5,16-23H,4,6-9,11-14H2,1-2H3/b5-3+. The van der Waals surface area contributed by atoms with Crippen molar-refractivity contribution in [1.82, 2.24) is 0 Å². The topological polar surface area (TPSA) is 9.23 Å². The van der Waals surface area contributed by atoms with Crippen LogP contribution in [-0.4, -0.2) is 6.61 Å². The second-order valence-corrected chi connectivity index (χ2v) is 10.00. The summed E-state index contributed by atoms with van der Waals surface area (Å²) in [5.74, 6) is 2.96. The van der Waals surface area contributed by atoms with Gasteiger partial charge in [0, 0.05) is 5.92 Å². The van der Waals surface area contributed by atoms with Gasteiger partial charge >= 0.3 is 0 Å². The summed E-state index contributed by atoms with van der Waals surface area (Å²) in [6.45, 7) is 4.00. The molecule has 2 aromatic carbocycles. The fourth-order valence-electron chi connectivity index (χ4n) is 5.73. The third-order valence-electron chi connectivity index (χ3n) is 7.74. The number of benzene rings is 2.